The Bertz CT molecular complexity index is 822. The van der Waals surface area contributed by atoms with E-state index in [1.807, 2.05) is 37.3 Å². The second kappa shape index (κ2) is 5.08. The molecule has 4 heteroatoms. The highest BCUT2D eigenvalue weighted by atomic mass is 79.9. The quantitative estimate of drug-likeness (QED) is 0.640. The topological polar surface area (TPSA) is 32.9 Å². The van der Waals surface area contributed by atoms with E-state index in [9.17, 15) is 4.79 Å². The molecule has 0 fully saturated rings. The van der Waals surface area contributed by atoms with E-state index in [2.05, 4.69) is 20.9 Å². The Kier molecular flexibility index (Phi) is 3.40. The summed E-state index contributed by atoms with van der Waals surface area (Å²) in [5.41, 5.74) is 3.24. The van der Waals surface area contributed by atoms with E-state index in [-0.39, 0.29) is 5.78 Å². The number of hydrogen-bond acceptors (Lipinski definition) is 1. The zero-order valence-electron chi connectivity index (χ0n) is 10.7. The lowest BCUT2D eigenvalue weighted by Crippen LogP contribution is -2.02. The number of carbonyl (C=O) groups is 1. The monoisotopic (exact) mass is 347 g/mol. The number of nitrogens with one attached hydrogen (secondary N) is 1. The fourth-order valence-corrected chi connectivity index (χ4v) is 2.84. The van der Waals surface area contributed by atoms with Crippen LogP contribution in [-0.4, -0.2) is 10.8 Å². The van der Waals surface area contributed by atoms with Gasteiger partial charge in [0.05, 0.1) is 0 Å². The van der Waals surface area contributed by atoms with Crippen LogP contribution in [-0.2, 0) is 0 Å². The summed E-state index contributed by atoms with van der Waals surface area (Å²) in [6, 6.07) is 11.2. The Hall–Kier alpha value is -1.58. The van der Waals surface area contributed by atoms with Gasteiger partial charge in [-0.1, -0.05) is 45.2 Å². The van der Waals surface area contributed by atoms with Gasteiger partial charge in [-0.25, -0.2) is 0 Å². The van der Waals surface area contributed by atoms with Gasteiger partial charge in [0.1, 0.15) is 0 Å². The van der Waals surface area contributed by atoms with Crippen molar-refractivity contribution in [2.24, 2.45) is 0 Å². The summed E-state index contributed by atoms with van der Waals surface area (Å²) in [7, 11) is 0. The largest absolute Gasteiger partial charge is 0.360 e. The van der Waals surface area contributed by atoms with Gasteiger partial charge in [0.2, 0.25) is 0 Å². The summed E-state index contributed by atoms with van der Waals surface area (Å²) in [5, 5.41) is 1.53. The Morgan fingerprint density at radius 1 is 1.15 bits per heavy atom. The van der Waals surface area contributed by atoms with Crippen molar-refractivity contribution >= 4 is 44.2 Å². The van der Waals surface area contributed by atoms with Crippen LogP contribution in [0.15, 0.2) is 47.1 Å². The molecule has 0 aliphatic rings. The maximum Gasteiger partial charge on any atom is 0.196 e. The number of aryl methyl sites for hydroxylation is 1. The fraction of sp³-hybridized carbons (Fsp3) is 0.0625. The first-order chi connectivity index (χ1) is 9.56. The van der Waals surface area contributed by atoms with Crippen LogP contribution in [0.5, 0.6) is 0 Å². The number of aromatic nitrogens is 1. The number of benzene rings is 2. The molecule has 3 aromatic rings. The first-order valence-corrected chi connectivity index (χ1v) is 7.31. The van der Waals surface area contributed by atoms with Crippen LogP contribution < -0.4 is 0 Å². The van der Waals surface area contributed by atoms with Crippen molar-refractivity contribution in [3.63, 3.8) is 0 Å². The zero-order chi connectivity index (χ0) is 14.3. The molecule has 0 saturated carbocycles. The van der Waals surface area contributed by atoms with Crippen LogP contribution in [0.4, 0.5) is 0 Å². The molecule has 2 nitrogen and oxygen atoms in total. The van der Waals surface area contributed by atoms with Gasteiger partial charge < -0.3 is 4.98 Å². The average molecular weight is 349 g/mol. The average Bonchev–Trinajstić information content (AvgIpc) is 2.83. The molecule has 1 aromatic heterocycles. The van der Waals surface area contributed by atoms with Crippen LogP contribution in [0.1, 0.15) is 21.5 Å². The summed E-state index contributed by atoms with van der Waals surface area (Å²) in [6.45, 7) is 1.97. The number of halogens is 2. The minimum Gasteiger partial charge on any atom is -0.360 e. The standard InChI is InChI=1S/C16H11BrClNO/c1-9-2-5-14(17)12(6-9)16(20)13-8-19-15-7-10(18)3-4-11(13)15/h2-8,19H,1H3. The van der Waals surface area contributed by atoms with E-state index in [0.717, 1.165) is 20.9 Å². The summed E-state index contributed by atoms with van der Waals surface area (Å²) < 4.78 is 0.802. The predicted molar refractivity (Wildman–Crippen MR) is 85.6 cm³/mol. The van der Waals surface area contributed by atoms with Gasteiger partial charge >= 0.3 is 0 Å². The predicted octanol–water partition coefficient (Wildman–Crippen LogP) is 5.12. The van der Waals surface area contributed by atoms with Crippen LogP contribution in [0, 0.1) is 6.92 Å². The van der Waals surface area contributed by atoms with Crippen molar-refractivity contribution in [1.29, 1.82) is 0 Å². The van der Waals surface area contributed by atoms with Gasteiger partial charge in [-0.2, -0.15) is 0 Å². The Morgan fingerprint density at radius 3 is 2.75 bits per heavy atom. The highest BCUT2D eigenvalue weighted by Crippen LogP contribution is 2.27. The molecule has 0 radical (unpaired) electrons. The molecule has 100 valence electrons. The third-order valence-corrected chi connectivity index (χ3v) is 4.18. The van der Waals surface area contributed by atoms with Crippen molar-refractivity contribution < 1.29 is 4.79 Å². The molecule has 1 heterocycles. The van der Waals surface area contributed by atoms with Crippen molar-refractivity contribution in [3.8, 4) is 0 Å². The van der Waals surface area contributed by atoms with Crippen molar-refractivity contribution in [3.05, 3.63) is 68.8 Å². The lowest BCUT2D eigenvalue weighted by Gasteiger charge is -2.04. The van der Waals surface area contributed by atoms with Gasteiger partial charge in [-0.3, -0.25) is 4.79 Å². The van der Waals surface area contributed by atoms with Gasteiger partial charge in [0, 0.05) is 37.7 Å². The summed E-state index contributed by atoms with van der Waals surface area (Å²) in [6.07, 6.45) is 1.73. The summed E-state index contributed by atoms with van der Waals surface area (Å²) in [4.78, 5) is 15.8. The summed E-state index contributed by atoms with van der Waals surface area (Å²) >= 11 is 9.40. The number of carbonyl (C=O) groups excluding carboxylic acids is 1. The van der Waals surface area contributed by atoms with E-state index >= 15 is 0 Å². The Labute approximate surface area is 129 Å². The molecule has 0 atom stereocenters. The Morgan fingerprint density at radius 2 is 1.95 bits per heavy atom. The highest BCUT2D eigenvalue weighted by Gasteiger charge is 2.16. The molecule has 0 unspecified atom stereocenters. The summed E-state index contributed by atoms with van der Waals surface area (Å²) in [5.74, 6) is -0.00542. The molecule has 1 N–H and O–H groups in total. The molecule has 3 rings (SSSR count). The number of H-pyrrole nitrogens is 1. The molecular formula is C16H11BrClNO. The molecule has 0 bridgehead atoms. The van der Waals surface area contributed by atoms with Crippen molar-refractivity contribution in [2.45, 2.75) is 6.92 Å². The molecule has 0 aliphatic heterocycles. The molecule has 20 heavy (non-hydrogen) atoms. The normalized spacial score (nSPS) is 10.9. The van der Waals surface area contributed by atoms with E-state index in [4.69, 9.17) is 11.6 Å². The molecular weight excluding hydrogens is 338 g/mol. The number of ketones is 1. The second-order valence-electron chi connectivity index (χ2n) is 4.70. The zero-order valence-corrected chi connectivity index (χ0v) is 13.0. The maximum atomic E-state index is 12.7. The number of rotatable bonds is 2. The van der Waals surface area contributed by atoms with Gasteiger partial charge in [0.25, 0.3) is 0 Å². The Balaban J connectivity index is 2.15. The van der Waals surface area contributed by atoms with E-state index in [1.54, 1.807) is 12.3 Å². The van der Waals surface area contributed by atoms with Gasteiger partial charge in [-0.05, 0) is 31.2 Å². The van der Waals surface area contributed by atoms with Crippen LogP contribution in [0.3, 0.4) is 0 Å². The molecule has 0 amide bonds. The molecule has 2 aromatic carbocycles. The fourth-order valence-electron chi connectivity index (χ4n) is 2.24. The lowest BCUT2D eigenvalue weighted by atomic mass is 10.0. The minimum absolute atomic E-state index is 0.00542. The van der Waals surface area contributed by atoms with Crippen LogP contribution in [0.2, 0.25) is 5.02 Å². The third-order valence-electron chi connectivity index (χ3n) is 3.25. The lowest BCUT2D eigenvalue weighted by molar-refractivity contribution is 0.103. The van der Waals surface area contributed by atoms with E-state index < -0.39 is 0 Å². The van der Waals surface area contributed by atoms with Crippen molar-refractivity contribution in [1.82, 2.24) is 4.98 Å². The number of hydrogen-bond donors (Lipinski definition) is 1. The third kappa shape index (κ3) is 2.28. The second-order valence-corrected chi connectivity index (χ2v) is 6.00. The first kappa shape index (κ1) is 13.4. The van der Waals surface area contributed by atoms with Crippen LogP contribution >= 0.6 is 27.5 Å². The van der Waals surface area contributed by atoms with Crippen molar-refractivity contribution in [2.75, 3.05) is 0 Å². The molecule has 0 saturated heterocycles. The SMILES string of the molecule is Cc1ccc(Br)c(C(=O)c2c[nH]c3cc(Cl)ccc23)c1. The molecule has 0 aliphatic carbocycles. The van der Waals surface area contributed by atoms with E-state index in [0.29, 0.717) is 16.1 Å². The van der Waals surface area contributed by atoms with Crippen LogP contribution in [0.25, 0.3) is 10.9 Å². The molecule has 0 spiro atoms. The van der Waals surface area contributed by atoms with Gasteiger partial charge in [-0.15, -0.1) is 0 Å². The van der Waals surface area contributed by atoms with Gasteiger partial charge in [0.15, 0.2) is 5.78 Å². The van der Waals surface area contributed by atoms with E-state index in [1.165, 1.54) is 0 Å². The maximum absolute atomic E-state index is 12.7. The first-order valence-electron chi connectivity index (χ1n) is 6.14. The highest BCUT2D eigenvalue weighted by molar-refractivity contribution is 9.10. The number of aromatic amines is 1. The number of fused-ring (bicyclic) bond motifs is 1. The smallest absolute Gasteiger partial charge is 0.196 e. The minimum atomic E-state index is -0.00542.